The van der Waals surface area contributed by atoms with E-state index < -0.39 is 18.3 Å². The Kier molecular flexibility index (Phi) is 4.26. The van der Waals surface area contributed by atoms with Crippen molar-refractivity contribution in [2.45, 2.75) is 0 Å². The van der Waals surface area contributed by atoms with Crippen molar-refractivity contribution in [3.05, 3.63) is 0 Å². The Morgan fingerprint density at radius 3 is 0.889 bits per heavy atom. The summed E-state index contributed by atoms with van der Waals surface area (Å²) in [4.78, 5) is 0. The predicted octanol–water partition coefficient (Wildman–Crippen LogP) is -2.39. The first-order valence-corrected chi connectivity index (χ1v) is 4.50. The first-order valence-electron chi connectivity index (χ1n) is 1.17. The minimum absolute atomic E-state index is 0. The fraction of sp³-hybridized carbons (Fsp3) is 0. The minimum Gasteiger partial charge on any atom is -0.736 e. The average molecular weight is 184 g/mol. The summed E-state index contributed by atoms with van der Waals surface area (Å²) in [6.07, 6.45) is 0. The fourth-order valence-electron chi connectivity index (χ4n) is 0. The standard InChI is InChI=1S/Mg.H2O6S2/c;1-7(2,3)8(4,5)6/h;(H,1,2,3)(H,4,5,6)/q+2;/p-2. The van der Waals surface area contributed by atoms with Gasteiger partial charge in [0.05, 0.1) is 0 Å². The van der Waals surface area contributed by atoms with E-state index in [0.717, 1.165) is 0 Å². The second-order valence-electron chi connectivity index (χ2n) is 0.816. The molecule has 9 heavy (non-hydrogen) atoms. The second-order valence-corrected chi connectivity index (χ2v) is 4.90. The van der Waals surface area contributed by atoms with E-state index in [9.17, 15) is 25.9 Å². The van der Waals surface area contributed by atoms with Crippen LogP contribution >= 0.6 is 0 Å². The molecule has 0 atom stereocenters. The van der Waals surface area contributed by atoms with Crippen LogP contribution in [0.5, 0.6) is 0 Å². The van der Waals surface area contributed by atoms with Crippen molar-refractivity contribution in [1.29, 1.82) is 0 Å². The summed E-state index contributed by atoms with van der Waals surface area (Å²) in [6.45, 7) is 0. The molecule has 50 valence electrons. The van der Waals surface area contributed by atoms with Crippen LogP contribution in [0.25, 0.3) is 0 Å². The van der Waals surface area contributed by atoms with Crippen LogP contribution in [-0.2, 0) is 18.3 Å². The van der Waals surface area contributed by atoms with Crippen molar-refractivity contribution in [3.63, 3.8) is 0 Å². The molecule has 0 heterocycles. The molecule has 0 aliphatic rings. The Hall–Kier alpha value is 0.586. The summed E-state index contributed by atoms with van der Waals surface area (Å²) >= 11 is 0. The van der Waals surface area contributed by atoms with Gasteiger partial charge in [0.1, 0.15) is 0 Å². The molecule has 0 aromatic heterocycles. The molecule has 0 amide bonds. The zero-order valence-electron chi connectivity index (χ0n) is 3.97. The van der Waals surface area contributed by atoms with E-state index in [0.29, 0.717) is 0 Å². The molecule has 0 bridgehead atoms. The number of hydrogen-bond donors (Lipinski definition) is 0. The number of rotatable bonds is 1. The molecule has 0 saturated carbocycles. The molecule has 0 aromatic rings. The summed E-state index contributed by atoms with van der Waals surface area (Å²) in [5.41, 5.74) is 0. The molecule has 0 radical (unpaired) electrons. The van der Waals surface area contributed by atoms with Crippen molar-refractivity contribution in [1.82, 2.24) is 0 Å². The zero-order valence-corrected chi connectivity index (χ0v) is 7.02. The second kappa shape index (κ2) is 3.12. The van der Waals surface area contributed by atoms with Gasteiger partial charge in [0.2, 0.25) is 0 Å². The van der Waals surface area contributed by atoms with Crippen LogP contribution in [0.1, 0.15) is 0 Å². The SMILES string of the molecule is O=S(=O)([O-])S(=O)(=O)[O-].[Mg+2]. The van der Waals surface area contributed by atoms with Gasteiger partial charge in [-0.2, -0.15) is 0 Å². The van der Waals surface area contributed by atoms with E-state index in [-0.39, 0.29) is 23.1 Å². The maximum absolute atomic E-state index is 9.20. The van der Waals surface area contributed by atoms with Crippen molar-refractivity contribution in [2.24, 2.45) is 0 Å². The third-order valence-corrected chi connectivity index (χ3v) is 2.25. The maximum atomic E-state index is 9.20. The fourth-order valence-corrected chi connectivity index (χ4v) is 0. The van der Waals surface area contributed by atoms with Crippen LogP contribution in [0.4, 0.5) is 0 Å². The molecule has 0 aliphatic carbocycles. The molecule has 0 saturated heterocycles. The van der Waals surface area contributed by atoms with Crippen LogP contribution in [-0.4, -0.2) is 49.0 Å². The van der Waals surface area contributed by atoms with Crippen LogP contribution in [0, 0.1) is 0 Å². The summed E-state index contributed by atoms with van der Waals surface area (Å²) in [6, 6.07) is 0. The topological polar surface area (TPSA) is 114 Å². The molecule has 0 rings (SSSR count). The van der Waals surface area contributed by atoms with Gasteiger partial charge in [-0.25, -0.2) is 16.8 Å². The van der Waals surface area contributed by atoms with Gasteiger partial charge < -0.3 is 9.11 Å². The first-order chi connectivity index (χ1) is 3.25. The molecule has 0 aliphatic heterocycles. The summed E-state index contributed by atoms with van der Waals surface area (Å²) < 4.78 is 55.2. The molecule has 0 spiro atoms. The number of hydrogen-bond acceptors (Lipinski definition) is 6. The summed E-state index contributed by atoms with van der Waals surface area (Å²) in [7, 11) is -11.3. The molecule has 0 aromatic carbocycles. The van der Waals surface area contributed by atoms with Crippen LogP contribution in [0.2, 0.25) is 0 Å². The van der Waals surface area contributed by atoms with Crippen molar-refractivity contribution >= 4 is 41.4 Å². The monoisotopic (exact) mass is 184 g/mol. The van der Waals surface area contributed by atoms with Gasteiger partial charge in [-0.1, -0.05) is 0 Å². The molecule has 6 nitrogen and oxygen atoms in total. The zero-order chi connectivity index (χ0) is 7.00. The Morgan fingerprint density at radius 2 is 0.889 bits per heavy atom. The average Bonchev–Trinajstić information content (AvgIpc) is 1.25. The smallest absolute Gasteiger partial charge is 0.736 e. The predicted molar refractivity (Wildman–Crippen MR) is 25.1 cm³/mol. The van der Waals surface area contributed by atoms with Gasteiger partial charge in [-0.05, 0) is 0 Å². The summed E-state index contributed by atoms with van der Waals surface area (Å²) in [5.74, 6) is 0. The van der Waals surface area contributed by atoms with Crippen LogP contribution < -0.4 is 0 Å². The third-order valence-electron chi connectivity index (χ3n) is 0.250. The van der Waals surface area contributed by atoms with Gasteiger partial charge in [0, 0.05) is 0 Å². The van der Waals surface area contributed by atoms with E-state index in [4.69, 9.17) is 0 Å². The largest absolute Gasteiger partial charge is 2.00 e. The summed E-state index contributed by atoms with van der Waals surface area (Å²) in [5, 5.41) is 0. The van der Waals surface area contributed by atoms with E-state index >= 15 is 0 Å². The van der Waals surface area contributed by atoms with Gasteiger partial charge >= 0.3 is 23.1 Å². The third kappa shape index (κ3) is 4.05. The van der Waals surface area contributed by atoms with E-state index in [2.05, 4.69) is 0 Å². The van der Waals surface area contributed by atoms with Crippen LogP contribution in [0.3, 0.4) is 0 Å². The van der Waals surface area contributed by atoms with Gasteiger partial charge in [0.15, 0.2) is 18.3 Å². The quantitative estimate of drug-likeness (QED) is 0.255. The van der Waals surface area contributed by atoms with E-state index in [1.165, 1.54) is 0 Å². The van der Waals surface area contributed by atoms with E-state index in [1.54, 1.807) is 0 Å². The van der Waals surface area contributed by atoms with Crippen molar-refractivity contribution in [3.8, 4) is 0 Å². The molecule has 0 fully saturated rings. The van der Waals surface area contributed by atoms with Crippen molar-refractivity contribution < 1.29 is 25.9 Å². The van der Waals surface area contributed by atoms with Gasteiger partial charge in [-0.15, -0.1) is 0 Å². The molecule has 0 N–H and O–H groups in total. The minimum atomic E-state index is -5.67. The van der Waals surface area contributed by atoms with Gasteiger partial charge in [0.25, 0.3) is 0 Å². The Bertz CT molecular complexity index is 223. The molecule has 0 unspecified atom stereocenters. The van der Waals surface area contributed by atoms with Gasteiger partial charge in [-0.3, -0.25) is 0 Å². The first kappa shape index (κ1) is 12.3. The van der Waals surface area contributed by atoms with Crippen molar-refractivity contribution in [2.75, 3.05) is 0 Å². The van der Waals surface area contributed by atoms with Crippen LogP contribution in [0.15, 0.2) is 0 Å². The molecular formula is MgO6S2. The maximum Gasteiger partial charge on any atom is 2.00 e. The molecular weight excluding hydrogens is 184 g/mol. The Morgan fingerprint density at radius 1 is 0.778 bits per heavy atom. The Balaban J connectivity index is 0. The Labute approximate surface area is 67.3 Å². The normalized spacial score (nSPS) is 12.2. The van der Waals surface area contributed by atoms with E-state index in [1.807, 2.05) is 0 Å². The molecule has 9 heteroatoms.